The van der Waals surface area contributed by atoms with Gasteiger partial charge in [0.05, 0.1) is 0 Å². The molecule has 24 heavy (non-hydrogen) atoms. The Bertz CT molecular complexity index is 801. The van der Waals surface area contributed by atoms with Gasteiger partial charge in [0, 0.05) is 17.9 Å². The van der Waals surface area contributed by atoms with Crippen LogP contribution in [0.25, 0.3) is 5.57 Å². The lowest BCUT2D eigenvalue weighted by Gasteiger charge is -2.15. The fourth-order valence-corrected chi connectivity index (χ4v) is 3.29. The highest BCUT2D eigenvalue weighted by Gasteiger charge is 2.11. The molecule has 3 rings (SSSR count). The number of hydrogen-bond acceptors (Lipinski definition) is 1. The fraction of sp³-hybridized carbons (Fsp3) is 0.227. The van der Waals surface area contributed by atoms with E-state index in [2.05, 4.69) is 37.3 Å². The topological polar surface area (TPSA) is 17.1 Å². The summed E-state index contributed by atoms with van der Waals surface area (Å²) in [6, 6.07) is 15.9. The van der Waals surface area contributed by atoms with Gasteiger partial charge in [-0.1, -0.05) is 79.2 Å². The number of Topliss-reactive ketones (excluding diaryl/α,β-unsaturated/α-hetero) is 1. The summed E-state index contributed by atoms with van der Waals surface area (Å²) >= 11 is 6.15. The number of rotatable bonds is 5. The van der Waals surface area contributed by atoms with Crippen LogP contribution in [0.15, 0.2) is 66.8 Å². The van der Waals surface area contributed by atoms with Crippen LogP contribution in [0.2, 0.25) is 5.02 Å². The summed E-state index contributed by atoms with van der Waals surface area (Å²) < 4.78 is 0. The summed E-state index contributed by atoms with van der Waals surface area (Å²) in [5, 5.41) is 0.660. The summed E-state index contributed by atoms with van der Waals surface area (Å²) in [5.41, 5.74) is 4.52. The maximum Gasteiger partial charge on any atom is 0.141 e. The lowest BCUT2D eigenvalue weighted by molar-refractivity contribution is -0.117. The van der Waals surface area contributed by atoms with E-state index in [1.807, 2.05) is 36.4 Å². The van der Waals surface area contributed by atoms with Crippen LogP contribution in [0.4, 0.5) is 0 Å². The highest BCUT2D eigenvalue weighted by Crippen LogP contribution is 2.27. The molecule has 0 radical (unpaired) electrons. The van der Waals surface area contributed by atoms with Gasteiger partial charge in [0.25, 0.3) is 0 Å². The Morgan fingerprint density at radius 3 is 2.75 bits per heavy atom. The van der Waals surface area contributed by atoms with E-state index in [0.717, 1.165) is 17.5 Å². The minimum atomic E-state index is 0.186. The molecule has 0 spiro atoms. The third kappa shape index (κ3) is 4.24. The van der Waals surface area contributed by atoms with E-state index in [4.69, 9.17) is 11.6 Å². The Kier molecular flexibility index (Phi) is 5.32. The van der Waals surface area contributed by atoms with Crippen molar-refractivity contribution in [3.63, 3.8) is 0 Å². The monoisotopic (exact) mass is 336 g/mol. The number of carbonyl (C=O) groups is 1. The average Bonchev–Trinajstić information content (AvgIpc) is 2.57. The molecule has 1 nitrogen and oxygen atoms in total. The Labute approximate surface area is 148 Å². The molecule has 2 aromatic carbocycles. The van der Waals surface area contributed by atoms with E-state index in [1.54, 1.807) is 0 Å². The van der Waals surface area contributed by atoms with Crippen molar-refractivity contribution in [3.8, 4) is 0 Å². The van der Waals surface area contributed by atoms with E-state index in [-0.39, 0.29) is 5.78 Å². The number of halogens is 1. The van der Waals surface area contributed by atoms with Gasteiger partial charge in [-0.05, 0) is 40.7 Å². The van der Waals surface area contributed by atoms with Gasteiger partial charge >= 0.3 is 0 Å². The van der Waals surface area contributed by atoms with Gasteiger partial charge in [-0.2, -0.15) is 0 Å². The standard InChI is InChI=1S/C22H21ClO/c1-16-6-4-9-18(12-16)19-10-5-7-17(13-19)14-21(24)15-20-8-2-3-11-22(20)23/h2-11,13,16H,12,14-15H2,1H3. The molecule has 122 valence electrons. The van der Waals surface area contributed by atoms with Crippen molar-refractivity contribution in [2.24, 2.45) is 5.92 Å². The van der Waals surface area contributed by atoms with Crippen LogP contribution in [0.3, 0.4) is 0 Å². The largest absolute Gasteiger partial charge is 0.299 e. The highest BCUT2D eigenvalue weighted by molar-refractivity contribution is 6.31. The quantitative estimate of drug-likeness (QED) is 0.687. The zero-order valence-electron chi connectivity index (χ0n) is 13.8. The predicted octanol–water partition coefficient (Wildman–Crippen LogP) is 5.67. The van der Waals surface area contributed by atoms with E-state index in [0.29, 0.717) is 23.8 Å². The Morgan fingerprint density at radius 2 is 1.96 bits per heavy atom. The zero-order chi connectivity index (χ0) is 16.9. The van der Waals surface area contributed by atoms with Gasteiger partial charge < -0.3 is 0 Å². The molecule has 1 unspecified atom stereocenters. The molecular weight excluding hydrogens is 316 g/mol. The van der Waals surface area contributed by atoms with Crippen molar-refractivity contribution in [1.29, 1.82) is 0 Å². The summed E-state index contributed by atoms with van der Waals surface area (Å²) in [6.07, 6.45) is 8.39. The van der Waals surface area contributed by atoms with Gasteiger partial charge in [-0.15, -0.1) is 0 Å². The molecule has 0 saturated heterocycles. The average molecular weight is 337 g/mol. The molecule has 2 aromatic rings. The van der Waals surface area contributed by atoms with Crippen molar-refractivity contribution < 1.29 is 4.79 Å². The van der Waals surface area contributed by atoms with Crippen LogP contribution in [-0.4, -0.2) is 5.78 Å². The Morgan fingerprint density at radius 1 is 1.12 bits per heavy atom. The first-order valence-corrected chi connectivity index (χ1v) is 8.71. The maximum absolute atomic E-state index is 12.4. The van der Waals surface area contributed by atoms with Crippen molar-refractivity contribution >= 4 is 23.0 Å². The maximum atomic E-state index is 12.4. The van der Waals surface area contributed by atoms with Crippen LogP contribution in [-0.2, 0) is 17.6 Å². The first-order valence-electron chi connectivity index (χ1n) is 8.33. The number of ketones is 1. The second kappa shape index (κ2) is 7.63. The third-order valence-corrected chi connectivity index (χ3v) is 4.69. The van der Waals surface area contributed by atoms with Crippen LogP contribution < -0.4 is 0 Å². The van der Waals surface area contributed by atoms with Gasteiger partial charge in [0.2, 0.25) is 0 Å². The molecule has 2 heteroatoms. The first-order chi connectivity index (χ1) is 11.6. The molecule has 0 amide bonds. The van der Waals surface area contributed by atoms with Crippen molar-refractivity contribution in [2.45, 2.75) is 26.2 Å². The summed E-state index contributed by atoms with van der Waals surface area (Å²) in [4.78, 5) is 12.4. The summed E-state index contributed by atoms with van der Waals surface area (Å²) in [5.74, 6) is 0.752. The van der Waals surface area contributed by atoms with Crippen molar-refractivity contribution in [1.82, 2.24) is 0 Å². The van der Waals surface area contributed by atoms with E-state index < -0.39 is 0 Å². The summed E-state index contributed by atoms with van der Waals surface area (Å²) in [6.45, 7) is 2.22. The molecule has 1 aliphatic rings. The number of hydrogen-bond donors (Lipinski definition) is 0. The number of carbonyl (C=O) groups excluding carboxylic acids is 1. The molecule has 0 bridgehead atoms. The molecule has 0 saturated carbocycles. The lowest BCUT2D eigenvalue weighted by Crippen LogP contribution is -2.07. The van der Waals surface area contributed by atoms with E-state index in [1.165, 1.54) is 11.1 Å². The van der Waals surface area contributed by atoms with Gasteiger partial charge in [-0.3, -0.25) is 4.79 Å². The smallest absolute Gasteiger partial charge is 0.141 e. The van der Waals surface area contributed by atoms with E-state index in [9.17, 15) is 4.79 Å². The van der Waals surface area contributed by atoms with Gasteiger partial charge in [-0.25, -0.2) is 0 Å². The SMILES string of the molecule is CC1C=CC=C(c2cccc(CC(=O)Cc3ccccc3Cl)c2)C1. The molecule has 0 fully saturated rings. The van der Waals surface area contributed by atoms with E-state index >= 15 is 0 Å². The molecule has 0 aliphatic heterocycles. The predicted molar refractivity (Wildman–Crippen MR) is 101 cm³/mol. The normalized spacial score (nSPS) is 16.8. The molecule has 1 aliphatic carbocycles. The molecule has 0 aromatic heterocycles. The Balaban J connectivity index is 1.71. The molecule has 0 heterocycles. The van der Waals surface area contributed by atoms with Crippen LogP contribution in [0.5, 0.6) is 0 Å². The summed E-state index contributed by atoms with van der Waals surface area (Å²) in [7, 11) is 0. The minimum Gasteiger partial charge on any atom is -0.299 e. The van der Waals surface area contributed by atoms with Gasteiger partial charge in [0.15, 0.2) is 0 Å². The Hall–Kier alpha value is -2.12. The second-order valence-corrected chi connectivity index (χ2v) is 6.85. The highest BCUT2D eigenvalue weighted by atomic mass is 35.5. The van der Waals surface area contributed by atoms with Crippen LogP contribution in [0.1, 0.15) is 30.0 Å². The molecular formula is C22H21ClO. The van der Waals surface area contributed by atoms with Gasteiger partial charge in [0.1, 0.15) is 5.78 Å². The van der Waals surface area contributed by atoms with Crippen molar-refractivity contribution in [2.75, 3.05) is 0 Å². The number of allylic oxidation sites excluding steroid dienone is 4. The zero-order valence-corrected chi connectivity index (χ0v) is 14.6. The number of benzene rings is 2. The lowest BCUT2D eigenvalue weighted by atomic mass is 9.90. The third-order valence-electron chi connectivity index (χ3n) is 4.32. The van der Waals surface area contributed by atoms with Crippen molar-refractivity contribution in [3.05, 3.63) is 88.5 Å². The molecule has 1 atom stereocenters. The fourth-order valence-electron chi connectivity index (χ4n) is 3.08. The second-order valence-electron chi connectivity index (χ2n) is 6.44. The van der Waals surface area contributed by atoms with Crippen LogP contribution in [0, 0.1) is 5.92 Å². The minimum absolute atomic E-state index is 0.186. The first kappa shape index (κ1) is 16.7. The van der Waals surface area contributed by atoms with Crippen LogP contribution >= 0.6 is 11.6 Å². The molecule has 0 N–H and O–H groups in total.